The number of nitrogens with one attached hydrogen (secondary N) is 2. The van der Waals surface area contributed by atoms with Gasteiger partial charge in [0, 0.05) is 18.2 Å². The summed E-state index contributed by atoms with van der Waals surface area (Å²) in [6.07, 6.45) is -0.234. The minimum absolute atomic E-state index is 0.295. The molecule has 148 valence electrons. The summed E-state index contributed by atoms with van der Waals surface area (Å²) in [5.74, 6) is -0.977. The molecule has 0 unspecified atom stereocenters. The smallest absolute Gasteiger partial charge is 0.244 e. The zero-order chi connectivity index (χ0) is 20.2. The molecule has 4 rings (SSSR count). The van der Waals surface area contributed by atoms with E-state index in [2.05, 4.69) is 10.6 Å². The maximum Gasteiger partial charge on any atom is 0.244 e. The van der Waals surface area contributed by atoms with Crippen LogP contribution in [0.1, 0.15) is 22.6 Å². The van der Waals surface area contributed by atoms with Crippen molar-refractivity contribution in [1.29, 1.82) is 0 Å². The van der Waals surface area contributed by atoms with Gasteiger partial charge in [0.05, 0.1) is 6.10 Å². The van der Waals surface area contributed by atoms with Crippen LogP contribution in [0.3, 0.4) is 0 Å². The molecule has 0 aromatic heterocycles. The van der Waals surface area contributed by atoms with Crippen molar-refractivity contribution in [1.82, 2.24) is 5.32 Å². The third-order valence-corrected chi connectivity index (χ3v) is 5.38. The summed E-state index contributed by atoms with van der Waals surface area (Å²) in [5.41, 5.74) is 3.56. The molecular weight excluding hydrogens is 367 g/mol. The second-order valence-electron chi connectivity index (χ2n) is 7.35. The van der Waals surface area contributed by atoms with E-state index in [1.165, 1.54) is 12.1 Å². The van der Waals surface area contributed by atoms with Crippen LogP contribution >= 0.6 is 0 Å². The van der Waals surface area contributed by atoms with Crippen molar-refractivity contribution >= 4 is 11.6 Å². The molecule has 1 aliphatic heterocycles. The van der Waals surface area contributed by atoms with Crippen molar-refractivity contribution in [2.45, 2.75) is 24.5 Å². The van der Waals surface area contributed by atoms with Crippen molar-refractivity contribution in [3.05, 3.63) is 101 Å². The second-order valence-corrected chi connectivity index (χ2v) is 7.35. The van der Waals surface area contributed by atoms with Gasteiger partial charge in [-0.2, -0.15) is 0 Å². The molecule has 3 atom stereocenters. The van der Waals surface area contributed by atoms with E-state index in [-0.39, 0.29) is 17.6 Å². The minimum atomic E-state index is -0.932. The number of hydrogen-bond acceptors (Lipinski definition) is 3. The van der Waals surface area contributed by atoms with Crippen molar-refractivity contribution in [2.24, 2.45) is 0 Å². The van der Waals surface area contributed by atoms with Crippen LogP contribution in [0, 0.1) is 5.82 Å². The van der Waals surface area contributed by atoms with Crippen molar-refractivity contribution < 1.29 is 14.3 Å². The van der Waals surface area contributed by atoms with Gasteiger partial charge in [0.2, 0.25) is 5.91 Å². The van der Waals surface area contributed by atoms with E-state index in [0.29, 0.717) is 18.5 Å². The summed E-state index contributed by atoms with van der Waals surface area (Å²) in [7, 11) is 0. The number of amides is 1. The Morgan fingerprint density at radius 1 is 1.03 bits per heavy atom. The van der Waals surface area contributed by atoms with Gasteiger partial charge in [-0.05, 0) is 41.3 Å². The van der Waals surface area contributed by atoms with E-state index in [1.54, 1.807) is 12.1 Å². The quantitative estimate of drug-likeness (QED) is 0.625. The minimum Gasteiger partial charge on any atom is -0.390 e. The molecule has 0 aliphatic carbocycles. The lowest BCUT2D eigenvalue weighted by atomic mass is 9.93. The lowest BCUT2D eigenvalue weighted by molar-refractivity contribution is -0.119. The summed E-state index contributed by atoms with van der Waals surface area (Å²) in [6, 6.07) is 23.1. The van der Waals surface area contributed by atoms with Crippen LogP contribution in [0.15, 0.2) is 78.9 Å². The highest BCUT2D eigenvalue weighted by Gasteiger charge is 2.39. The van der Waals surface area contributed by atoms with E-state index in [0.717, 1.165) is 16.8 Å². The number of anilines is 1. The standard InChI is InChI=1S/C24H23FN2O2/c25-19-11-6-10-17(14-19)20-15-26-22(23(20)28)24(29)27-21-12-5-4-9-18(21)13-16-7-2-1-3-8-16/h1-12,14,20,22-23,26,28H,13,15H2,(H,27,29)/t20-,22+,23-/m1/s1. The summed E-state index contributed by atoms with van der Waals surface area (Å²) in [5, 5.41) is 16.7. The van der Waals surface area contributed by atoms with Gasteiger partial charge in [-0.1, -0.05) is 60.7 Å². The molecule has 1 saturated heterocycles. The van der Waals surface area contributed by atoms with Crippen LogP contribution in [-0.2, 0) is 11.2 Å². The Kier molecular flexibility index (Phi) is 5.69. The fourth-order valence-corrected chi connectivity index (χ4v) is 3.85. The molecule has 1 fully saturated rings. The second kappa shape index (κ2) is 8.55. The van der Waals surface area contributed by atoms with E-state index in [9.17, 15) is 14.3 Å². The molecule has 0 radical (unpaired) electrons. The lowest BCUT2D eigenvalue weighted by Gasteiger charge is -2.19. The molecule has 1 aliphatic rings. The summed E-state index contributed by atoms with van der Waals surface area (Å²) < 4.78 is 13.5. The van der Waals surface area contributed by atoms with Crippen molar-refractivity contribution in [3.63, 3.8) is 0 Å². The SMILES string of the molecule is O=C(Nc1ccccc1Cc1ccccc1)[C@H]1NC[C@H](c2cccc(F)c2)[C@H]1O. The first-order valence-corrected chi connectivity index (χ1v) is 9.71. The molecule has 0 spiro atoms. The summed E-state index contributed by atoms with van der Waals surface area (Å²) >= 11 is 0. The molecule has 3 aromatic carbocycles. The number of carbonyl (C=O) groups is 1. The monoisotopic (exact) mass is 390 g/mol. The Hall–Kier alpha value is -3.02. The van der Waals surface area contributed by atoms with E-state index in [1.807, 2.05) is 54.6 Å². The molecule has 29 heavy (non-hydrogen) atoms. The molecule has 4 nitrogen and oxygen atoms in total. The van der Waals surface area contributed by atoms with Gasteiger partial charge in [0.15, 0.2) is 0 Å². The summed E-state index contributed by atoms with van der Waals surface area (Å²) in [4.78, 5) is 12.9. The maximum absolute atomic E-state index is 13.5. The lowest BCUT2D eigenvalue weighted by Crippen LogP contribution is -2.42. The Morgan fingerprint density at radius 3 is 2.59 bits per heavy atom. The topological polar surface area (TPSA) is 61.4 Å². The molecule has 1 amide bonds. The zero-order valence-electron chi connectivity index (χ0n) is 15.9. The fourth-order valence-electron chi connectivity index (χ4n) is 3.85. The molecule has 0 bridgehead atoms. The van der Waals surface area contributed by atoms with Crippen molar-refractivity contribution in [3.8, 4) is 0 Å². The highest BCUT2D eigenvalue weighted by molar-refractivity contribution is 5.96. The van der Waals surface area contributed by atoms with E-state index < -0.39 is 12.1 Å². The molecule has 0 saturated carbocycles. The number of hydrogen-bond donors (Lipinski definition) is 3. The van der Waals surface area contributed by atoms with Crippen LogP contribution in [0.25, 0.3) is 0 Å². The highest BCUT2D eigenvalue weighted by Crippen LogP contribution is 2.28. The number of aliphatic hydroxyl groups excluding tert-OH is 1. The first-order chi connectivity index (χ1) is 14.1. The van der Waals surface area contributed by atoms with Gasteiger partial charge in [-0.25, -0.2) is 4.39 Å². The molecule has 1 heterocycles. The van der Waals surface area contributed by atoms with Crippen LogP contribution in [0.4, 0.5) is 10.1 Å². The van der Waals surface area contributed by atoms with Crippen LogP contribution in [0.5, 0.6) is 0 Å². The maximum atomic E-state index is 13.5. The van der Waals surface area contributed by atoms with Gasteiger partial charge in [-0.15, -0.1) is 0 Å². The van der Waals surface area contributed by atoms with Crippen molar-refractivity contribution in [2.75, 3.05) is 11.9 Å². The van der Waals surface area contributed by atoms with Crippen LogP contribution in [-0.4, -0.2) is 29.7 Å². The summed E-state index contributed by atoms with van der Waals surface area (Å²) in [6.45, 7) is 0.411. The normalized spacial score (nSPS) is 21.1. The van der Waals surface area contributed by atoms with Crippen LogP contribution < -0.4 is 10.6 Å². The molecule has 3 N–H and O–H groups in total. The van der Waals surface area contributed by atoms with Gasteiger partial charge in [0.1, 0.15) is 11.9 Å². The Balaban J connectivity index is 1.47. The largest absolute Gasteiger partial charge is 0.390 e. The first kappa shape index (κ1) is 19.3. The number of para-hydroxylation sites is 1. The Labute approximate surface area is 169 Å². The van der Waals surface area contributed by atoms with Gasteiger partial charge in [-0.3, -0.25) is 4.79 Å². The fraction of sp³-hybridized carbons (Fsp3) is 0.208. The third kappa shape index (κ3) is 4.36. The average molecular weight is 390 g/mol. The zero-order valence-corrected chi connectivity index (χ0v) is 15.9. The van der Waals surface area contributed by atoms with Crippen LogP contribution in [0.2, 0.25) is 0 Å². The molecular formula is C24H23FN2O2. The number of rotatable bonds is 5. The van der Waals surface area contributed by atoms with Gasteiger partial charge < -0.3 is 15.7 Å². The Morgan fingerprint density at radius 2 is 1.79 bits per heavy atom. The number of aliphatic hydroxyl groups is 1. The number of benzene rings is 3. The number of carbonyl (C=O) groups excluding carboxylic acids is 1. The van der Waals surface area contributed by atoms with Gasteiger partial charge in [0.25, 0.3) is 0 Å². The third-order valence-electron chi connectivity index (χ3n) is 5.38. The van der Waals surface area contributed by atoms with Gasteiger partial charge >= 0.3 is 0 Å². The first-order valence-electron chi connectivity index (χ1n) is 9.71. The van der Waals surface area contributed by atoms with E-state index in [4.69, 9.17) is 0 Å². The van der Waals surface area contributed by atoms with E-state index >= 15 is 0 Å². The molecule has 3 aromatic rings. The predicted octanol–water partition coefficient (Wildman–Crippen LogP) is 3.47. The molecule has 5 heteroatoms. The number of halogens is 1. The predicted molar refractivity (Wildman–Crippen MR) is 111 cm³/mol. The highest BCUT2D eigenvalue weighted by atomic mass is 19.1. The Bertz CT molecular complexity index is 993. The average Bonchev–Trinajstić information content (AvgIpc) is 3.12.